The van der Waals surface area contributed by atoms with Crippen molar-refractivity contribution < 1.29 is 0 Å². The van der Waals surface area contributed by atoms with E-state index < -0.39 is 0 Å². The third-order valence-electron chi connectivity index (χ3n) is 9.69. The molecule has 0 bridgehead atoms. The fourth-order valence-electron chi connectivity index (χ4n) is 7.37. The van der Waals surface area contributed by atoms with Crippen molar-refractivity contribution in [2.45, 2.75) is 46.0 Å². The van der Waals surface area contributed by atoms with E-state index in [1.807, 2.05) is 6.08 Å². The Morgan fingerprint density at radius 2 is 1.35 bits per heavy atom. The van der Waals surface area contributed by atoms with Crippen LogP contribution in [-0.2, 0) is 5.41 Å². The van der Waals surface area contributed by atoms with Gasteiger partial charge in [0.05, 0.1) is 11.4 Å². The van der Waals surface area contributed by atoms with Crippen LogP contribution in [0.25, 0.3) is 39.1 Å². The van der Waals surface area contributed by atoms with E-state index in [0.29, 0.717) is 5.92 Å². The van der Waals surface area contributed by atoms with E-state index >= 15 is 0 Å². The molecule has 0 radical (unpaired) electrons. The number of hydrogen-bond donors (Lipinski definition) is 0. The third-order valence-corrected chi connectivity index (χ3v) is 9.69. The summed E-state index contributed by atoms with van der Waals surface area (Å²) in [4.78, 5) is 6.47. The second-order valence-corrected chi connectivity index (χ2v) is 13.2. The maximum absolute atomic E-state index is 3.95. The van der Waals surface area contributed by atoms with Crippen molar-refractivity contribution in [2.75, 3.05) is 4.90 Å². The molecule has 2 heteroatoms. The van der Waals surface area contributed by atoms with E-state index in [9.17, 15) is 0 Å². The molecular weight excluding hydrogens is 556 g/mol. The maximum Gasteiger partial charge on any atom is 0.0531 e. The Balaban J connectivity index is 1.42. The minimum Gasteiger partial charge on any atom is -0.309 e. The number of fused-ring (bicyclic) bond motifs is 3. The smallest absolute Gasteiger partial charge is 0.0531 e. The molecule has 0 spiro atoms. The lowest BCUT2D eigenvalue weighted by atomic mass is 9.72. The van der Waals surface area contributed by atoms with Crippen molar-refractivity contribution in [3.8, 4) is 22.3 Å². The summed E-state index contributed by atoms with van der Waals surface area (Å²) in [5.41, 5.74) is 15.1. The van der Waals surface area contributed by atoms with Gasteiger partial charge in [0.1, 0.15) is 0 Å². The first kappa shape index (κ1) is 29.5. The number of para-hydroxylation sites is 2. The number of benzene rings is 6. The highest BCUT2D eigenvalue weighted by molar-refractivity contribution is 6.06. The first-order valence-corrected chi connectivity index (χ1v) is 16.2. The average Bonchev–Trinajstić information content (AvgIpc) is 3.07. The van der Waals surface area contributed by atoms with Crippen molar-refractivity contribution >= 4 is 40.6 Å². The molecule has 0 N–H and O–H groups in total. The summed E-state index contributed by atoms with van der Waals surface area (Å²) >= 11 is 0. The minimum atomic E-state index is -0.0936. The van der Waals surface area contributed by atoms with E-state index in [4.69, 9.17) is 0 Å². The van der Waals surface area contributed by atoms with Gasteiger partial charge in [-0.25, -0.2) is 0 Å². The zero-order chi connectivity index (χ0) is 32.0. The molecule has 0 atom stereocenters. The number of aliphatic imine (C=N–C) groups is 1. The Bertz CT molecular complexity index is 2150. The van der Waals surface area contributed by atoms with Gasteiger partial charge < -0.3 is 4.90 Å². The Morgan fingerprint density at radius 1 is 0.674 bits per heavy atom. The van der Waals surface area contributed by atoms with E-state index in [0.717, 1.165) is 5.56 Å². The van der Waals surface area contributed by atoms with Crippen LogP contribution < -0.4 is 4.90 Å². The highest BCUT2D eigenvalue weighted by Crippen LogP contribution is 2.54. The van der Waals surface area contributed by atoms with Crippen molar-refractivity contribution in [1.29, 1.82) is 0 Å². The Kier molecular flexibility index (Phi) is 7.45. The van der Waals surface area contributed by atoms with Crippen LogP contribution in [0, 0.1) is 6.92 Å². The summed E-state index contributed by atoms with van der Waals surface area (Å²) in [6.07, 6.45) is 3.78. The molecular formula is C44H40N2. The molecule has 0 saturated heterocycles. The minimum absolute atomic E-state index is 0.0936. The SMILES string of the molecule is C=N/C=C\c1ccccc1-c1ccc(-c2ccc(N3c4ccccc4C(C)(C)c4cccc(C)c43)c(C(C)C)c2)c2ccccc12. The number of hydrogen-bond acceptors (Lipinski definition) is 2. The molecule has 1 aliphatic heterocycles. The van der Waals surface area contributed by atoms with Crippen LogP contribution in [0.2, 0.25) is 0 Å². The van der Waals surface area contributed by atoms with E-state index in [2.05, 4.69) is 173 Å². The molecule has 0 saturated carbocycles. The lowest BCUT2D eigenvalue weighted by Crippen LogP contribution is -2.31. The predicted molar refractivity (Wildman–Crippen MR) is 199 cm³/mol. The van der Waals surface area contributed by atoms with Gasteiger partial charge in [0.25, 0.3) is 0 Å². The monoisotopic (exact) mass is 596 g/mol. The van der Waals surface area contributed by atoms with Gasteiger partial charge in [-0.05, 0) is 105 Å². The molecule has 1 aliphatic rings. The van der Waals surface area contributed by atoms with Crippen LogP contribution in [0.5, 0.6) is 0 Å². The van der Waals surface area contributed by atoms with E-state index in [1.54, 1.807) is 6.20 Å². The first-order valence-electron chi connectivity index (χ1n) is 16.2. The lowest BCUT2D eigenvalue weighted by molar-refractivity contribution is 0.630. The quantitative estimate of drug-likeness (QED) is 0.175. The Morgan fingerprint density at radius 3 is 2.13 bits per heavy atom. The molecule has 2 nitrogen and oxygen atoms in total. The van der Waals surface area contributed by atoms with Gasteiger partial charge in [0, 0.05) is 17.3 Å². The van der Waals surface area contributed by atoms with Gasteiger partial charge >= 0.3 is 0 Å². The molecule has 1 heterocycles. The van der Waals surface area contributed by atoms with Gasteiger partial charge in [-0.15, -0.1) is 0 Å². The van der Waals surface area contributed by atoms with Gasteiger partial charge in [-0.1, -0.05) is 131 Å². The standard InChI is InChI=1S/C44H40N2/c1-29(2)38-28-32(34-23-24-37(36-18-10-9-17-35(34)36)33-16-8-7-15-31(33)26-27-45-6)22-25-41(38)46-42-21-12-11-19-39(42)44(4,5)40-20-13-14-30(3)43(40)46/h7-29H,6H2,1-5H3/b27-26-. The molecule has 0 aromatic heterocycles. The van der Waals surface area contributed by atoms with Crippen LogP contribution in [-0.4, -0.2) is 6.72 Å². The summed E-state index contributed by atoms with van der Waals surface area (Å²) in [7, 11) is 0. The van der Waals surface area contributed by atoms with Gasteiger partial charge in [0.15, 0.2) is 0 Å². The zero-order valence-electron chi connectivity index (χ0n) is 27.4. The van der Waals surface area contributed by atoms with Crippen LogP contribution >= 0.6 is 0 Å². The van der Waals surface area contributed by atoms with Crippen molar-refractivity contribution in [3.05, 3.63) is 155 Å². The Hall–Kier alpha value is -5.21. The number of aryl methyl sites for hydroxylation is 1. The molecule has 6 aromatic rings. The maximum atomic E-state index is 3.95. The molecule has 0 amide bonds. The molecule has 7 rings (SSSR count). The number of anilines is 3. The molecule has 0 fully saturated rings. The van der Waals surface area contributed by atoms with Crippen LogP contribution in [0.1, 0.15) is 61.4 Å². The summed E-state index contributed by atoms with van der Waals surface area (Å²) in [6.45, 7) is 15.2. The molecule has 0 aliphatic carbocycles. The fraction of sp³-hybridized carbons (Fsp3) is 0.159. The number of rotatable bonds is 6. The van der Waals surface area contributed by atoms with Crippen LogP contribution in [0.4, 0.5) is 17.1 Å². The molecule has 46 heavy (non-hydrogen) atoms. The van der Waals surface area contributed by atoms with Gasteiger partial charge in [0.2, 0.25) is 0 Å². The normalized spacial score (nSPS) is 13.7. The zero-order valence-corrected chi connectivity index (χ0v) is 27.4. The summed E-state index contributed by atoms with van der Waals surface area (Å²) < 4.78 is 0. The highest BCUT2D eigenvalue weighted by Gasteiger charge is 2.38. The summed E-state index contributed by atoms with van der Waals surface area (Å²) in [6, 6.07) is 44.6. The lowest BCUT2D eigenvalue weighted by Gasteiger charge is -2.43. The largest absolute Gasteiger partial charge is 0.309 e. The third kappa shape index (κ3) is 4.77. The molecule has 0 unspecified atom stereocenters. The van der Waals surface area contributed by atoms with Crippen LogP contribution in [0.15, 0.2) is 133 Å². The highest BCUT2D eigenvalue weighted by atomic mass is 15.2. The van der Waals surface area contributed by atoms with Crippen LogP contribution in [0.3, 0.4) is 0 Å². The van der Waals surface area contributed by atoms with Crippen molar-refractivity contribution in [3.63, 3.8) is 0 Å². The summed E-state index contributed by atoms with van der Waals surface area (Å²) in [5.74, 6) is 0.326. The van der Waals surface area contributed by atoms with Gasteiger partial charge in [-0.3, -0.25) is 4.99 Å². The first-order chi connectivity index (χ1) is 22.3. The number of nitrogens with zero attached hydrogens (tertiary/aromatic N) is 2. The second kappa shape index (κ2) is 11.6. The van der Waals surface area contributed by atoms with E-state index in [1.165, 1.54) is 72.3 Å². The fourth-order valence-corrected chi connectivity index (χ4v) is 7.37. The summed E-state index contributed by atoms with van der Waals surface area (Å²) in [5, 5.41) is 2.48. The molecule has 226 valence electrons. The predicted octanol–water partition coefficient (Wildman–Crippen LogP) is 12.4. The molecule has 6 aromatic carbocycles. The van der Waals surface area contributed by atoms with Gasteiger partial charge in [-0.2, -0.15) is 0 Å². The van der Waals surface area contributed by atoms with Crippen molar-refractivity contribution in [2.24, 2.45) is 4.99 Å². The topological polar surface area (TPSA) is 15.6 Å². The average molecular weight is 597 g/mol. The van der Waals surface area contributed by atoms with E-state index in [-0.39, 0.29) is 5.41 Å². The van der Waals surface area contributed by atoms with Crippen molar-refractivity contribution in [1.82, 2.24) is 0 Å². The second-order valence-electron chi connectivity index (χ2n) is 13.2. The Labute approximate surface area is 273 Å².